The van der Waals surface area contributed by atoms with Gasteiger partial charge in [0.2, 0.25) is 5.91 Å². The van der Waals surface area contributed by atoms with E-state index in [1.165, 1.54) is 11.8 Å². The molecule has 0 fully saturated rings. The van der Waals surface area contributed by atoms with Crippen molar-refractivity contribution in [2.24, 2.45) is 0 Å². The van der Waals surface area contributed by atoms with Crippen LogP contribution in [0.25, 0.3) is 0 Å². The minimum Gasteiger partial charge on any atom is -0.326 e. The zero-order valence-corrected chi connectivity index (χ0v) is 18.0. The molecule has 0 aliphatic rings. The van der Waals surface area contributed by atoms with E-state index in [0.717, 1.165) is 15.7 Å². The van der Waals surface area contributed by atoms with Gasteiger partial charge in [-0.05, 0) is 36.8 Å². The lowest BCUT2D eigenvalue weighted by Crippen LogP contribution is -2.17. The van der Waals surface area contributed by atoms with Crippen LogP contribution in [0, 0.1) is 0 Å². The molecular weight excluding hydrogens is 439 g/mol. The van der Waals surface area contributed by atoms with Gasteiger partial charge in [0.15, 0.2) is 5.16 Å². The summed E-state index contributed by atoms with van der Waals surface area (Å²) in [6, 6.07) is 12.6. The van der Waals surface area contributed by atoms with Gasteiger partial charge in [-0.1, -0.05) is 64.8 Å². The Balaban J connectivity index is 1.66. The number of carbonyl (C=O) groups excluding carboxylic acids is 1. The zero-order chi connectivity index (χ0) is 20.1. The van der Waals surface area contributed by atoms with E-state index in [4.69, 9.17) is 34.8 Å². The highest BCUT2D eigenvalue weighted by Gasteiger charge is 2.15. The predicted molar refractivity (Wildman–Crippen MR) is 116 cm³/mol. The van der Waals surface area contributed by atoms with E-state index in [2.05, 4.69) is 15.5 Å². The topological polar surface area (TPSA) is 59.8 Å². The normalized spacial score (nSPS) is 10.9. The van der Waals surface area contributed by atoms with E-state index >= 15 is 0 Å². The van der Waals surface area contributed by atoms with Crippen molar-refractivity contribution < 1.29 is 4.79 Å². The second-order valence-electron chi connectivity index (χ2n) is 5.88. The molecule has 1 amide bonds. The fourth-order valence-corrected chi connectivity index (χ4v) is 4.16. The summed E-state index contributed by atoms with van der Waals surface area (Å²) in [7, 11) is 0. The first-order valence-electron chi connectivity index (χ1n) is 8.51. The zero-order valence-electron chi connectivity index (χ0n) is 15.0. The molecule has 1 aromatic heterocycles. The molecule has 3 rings (SSSR count). The molecule has 1 heterocycles. The molecule has 0 spiro atoms. The third kappa shape index (κ3) is 5.20. The van der Waals surface area contributed by atoms with Gasteiger partial charge in [-0.25, -0.2) is 0 Å². The second-order valence-corrected chi connectivity index (χ2v) is 8.04. The van der Waals surface area contributed by atoms with E-state index in [1.807, 2.05) is 35.8 Å². The predicted octanol–water partition coefficient (Wildman–Crippen LogP) is 5.73. The first kappa shape index (κ1) is 21.0. The maximum atomic E-state index is 12.4. The second kappa shape index (κ2) is 9.65. The summed E-state index contributed by atoms with van der Waals surface area (Å²) < 4.78 is 1.93. The maximum Gasteiger partial charge on any atom is 0.232 e. The van der Waals surface area contributed by atoms with Crippen molar-refractivity contribution in [3.05, 3.63) is 68.9 Å². The lowest BCUT2D eigenvalue weighted by molar-refractivity contribution is -0.115. The van der Waals surface area contributed by atoms with E-state index < -0.39 is 0 Å². The summed E-state index contributed by atoms with van der Waals surface area (Å²) in [5.74, 6) is 1.07. The molecule has 5 nitrogen and oxygen atoms in total. The number of nitrogens with zero attached hydrogens (tertiary/aromatic N) is 3. The summed E-state index contributed by atoms with van der Waals surface area (Å²) in [4.78, 5) is 12.4. The van der Waals surface area contributed by atoms with Crippen LogP contribution in [0.5, 0.6) is 0 Å². The molecule has 0 unspecified atom stereocenters. The number of amides is 1. The Morgan fingerprint density at radius 1 is 1.07 bits per heavy atom. The number of thioether (sulfide) groups is 1. The van der Waals surface area contributed by atoms with Gasteiger partial charge >= 0.3 is 0 Å². The van der Waals surface area contributed by atoms with E-state index in [1.54, 1.807) is 18.2 Å². The number of rotatable bonds is 7. The fourth-order valence-electron chi connectivity index (χ4n) is 2.55. The van der Waals surface area contributed by atoms with Gasteiger partial charge in [-0.2, -0.15) is 0 Å². The van der Waals surface area contributed by atoms with Crippen molar-refractivity contribution in [2.75, 3.05) is 5.32 Å². The Labute approximate surface area is 182 Å². The number of aromatic nitrogens is 3. The van der Waals surface area contributed by atoms with Gasteiger partial charge in [0.05, 0.1) is 16.5 Å². The van der Waals surface area contributed by atoms with E-state index in [9.17, 15) is 4.79 Å². The van der Waals surface area contributed by atoms with Crippen LogP contribution in [0.2, 0.25) is 15.1 Å². The Bertz CT molecular complexity index is 993. The Kier molecular flexibility index (Phi) is 7.24. The number of nitrogens with one attached hydrogen (secondary N) is 1. The Hall–Kier alpha value is -1.73. The molecule has 0 bridgehead atoms. The van der Waals surface area contributed by atoms with Crippen molar-refractivity contribution in [2.45, 2.75) is 30.8 Å². The average molecular weight is 456 g/mol. The molecule has 0 radical (unpaired) electrons. The SMILES string of the molecule is CCn1c(CC(=O)Nc2ccc(Cl)c(Cl)c2)nnc1SCc1ccccc1Cl. The number of hydrogen-bond donors (Lipinski definition) is 1. The molecular formula is C19H17Cl3N4OS. The van der Waals surface area contributed by atoms with E-state index in [-0.39, 0.29) is 12.3 Å². The number of hydrogen-bond acceptors (Lipinski definition) is 4. The minimum atomic E-state index is -0.205. The summed E-state index contributed by atoms with van der Waals surface area (Å²) >= 11 is 19.6. The average Bonchev–Trinajstić information content (AvgIpc) is 3.05. The van der Waals surface area contributed by atoms with Crippen LogP contribution in [0.4, 0.5) is 5.69 Å². The minimum absolute atomic E-state index is 0.105. The van der Waals surface area contributed by atoms with Crippen LogP contribution in [0.15, 0.2) is 47.6 Å². The molecule has 146 valence electrons. The maximum absolute atomic E-state index is 12.4. The highest BCUT2D eigenvalue weighted by Crippen LogP contribution is 2.27. The molecule has 0 atom stereocenters. The first-order valence-corrected chi connectivity index (χ1v) is 10.6. The van der Waals surface area contributed by atoms with Crippen LogP contribution < -0.4 is 5.32 Å². The van der Waals surface area contributed by atoms with Gasteiger partial charge in [-0.3, -0.25) is 4.79 Å². The first-order chi connectivity index (χ1) is 13.5. The highest BCUT2D eigenvalue weighted by atomic mass is 35.5. The monoisotopic (exact) mass is 454 g/mol. The Morgan fingerprint density at radius 3 is 2.57 bits per heavy atom. The Morgan fingerprint density at radius 2 is 1.86 bits per heavy atom. The number of anilines is 1. The molecule has 3 aromatic rings. The number of carbonyl (C=O) groups is 1. The van der Waals surface area contributed by atoms with Gasteiger partial charge in [0.25, 0.3) is 0 Å². The molecule has 9 heteroatoms. The number of benzene rings is 2. The van der Waals surface area contributed by atoms with Gasteiger partial charge in [-0.15, -0.1) is 10.2 Å². The molecule has 0 aliphatic heterocycles. The fraction of sp³-hybridized carbons (Fsp3) is 0.211. The summed E-state index contributed by atoms with van der Waals surface area (Å²) in [6.45, 7) is 2.65. The van der Waals surface area contributed by atoms with Crippen molar-refractivity contribution in [1.29, 1.82) is 0 Å². The number of halogens is 3. The van der Waals surface area contributed by atoms with Crippen LogP contribution in [-0.4, -0.2) is 20.7 Å². The smallest absolute Gasteiger partial charge is 0.232 e. The third-order valence-corrected chi connectivity index (χ3v) is 6.07. The van der Waals surface area contributed by atoms with Crippen molar-refractivity contribution in [1.82, 2.24) is 14.8 Å². The molecule has 0 saturated heterocycles. The standard InChI is InChI=1S/C19H17Cl3N4OS/c1-2-26-17(10-18(27)23-13-7-8-15(21)16(22)9-13)24-25-19(26)28-11-12-5-3-4-6-14(12)20/h3-9H,2,10-11H2,1H3,(H,23,27). The lowest BCUT2D eigenvalue weighted by atomic mass is 10.2. The molecule has 0 aliphatic carbocycles. The van der Waals surface area contributed by atoms with Crippen LogP contribution >= 0.6 is 46.6 Å². The summed E-state index contributed by atoms with van der Waals surface area (Å²) in [6.07, 6.45) is 0.105. The molecule has 2 aromatic carbocycles. The quantitative estimate of drug-likeness (QED) is 0.462. The van der Waals surface area contributed by atoms with Crippen molar-refractivity contribution in [3.63, 3.8) is 0 Å². The van der Waals surface area contributed by atoms with Crippen LogP contribution in [0.3, 0.4) is 0 Å². The van der Waals surface area contributed by atoms with Gasteiger partial charge < -0.3 is 9.88 Å². The van der Waals surface area contributed by atoms with E-state index in [0.29, 0.717) is 33.9 Å². The summed E-state index contributed by atoms with van der Waals surface area (Å²) in [5, 5.41) is 13.5. The van der Waals surface area contributed by atoms with Gasteiger partial charge in [0, 0.05) is 23.0 Å². The third-order valence-electron chi connectivity index (χ3n) is 3.95. The highest BCUT2D eigenvalue weighted by molar-refractivity contribution is 7.98. The molecule has 0 saturated carbocycles. The summed E-state index contributed by atoms with van der Waals surface area (Å²) in [5.41, 5.74) is 1.61. The van der Waals surface area contributed by atoms with Crippen LogP contribution in [0.1, 0.15) is 18.3 Å². The van der Waals surface area contributed by atoms with Crippen LogP contribution in [-0.2, 0) is 23.5 Å². The van der Waals surface area contributed by atoms with Crippen molar-refractivity contribution in [3.8, 4) is 0 Å². The largest absolute Gasteiger partial charge is 0.326 e. The van der Waals surface area contributed by atoms with Gasteiger partial charge in [0.1, 0.15) is 5.82 Å². The molecule has 1 N–H and O–H groups in total. The lowest BCUT2D eigenvalue weighted by Gasteiger charge is -2.09. The molecule has 28 heavy (non-hydrogen) atoms. The van der Waals surface area contributed by atoms with Crippen molar-refractivity contribution >= 4 is 58.2 Å².